The molecule has 0 fully saturated rings. The highest BCUT2D eigenvalue weighted by Gasteiger charge is 2.27. The fourth-order valence-electron chi connectivity index (χ4n) is 3.77. The Labute approximate surface area is 148 Å². The Hall–Kier alpha value is -1.20. The molecule has 2 heterocycles. The van der Waals surface area contributed by atoms with Gasteiger partial charge in [0.05, 0.1) is 11.7 Å². The zero-order valence-corrected chi connectivity index (χ0v) is 16.2. The summed E-state index contributed by atoms with van der Waals surface area (Å²) in [6.07, 6.45) is 7.08. The number of thiophene rings is 1. The summed E-state index contributed by atoms with van der Waals surface area (Å²) in [6, 6.07) is 0.593. The lowest BCUT2D eigenvalue weighted by Crippen LogP contribution is -2.38. The van der Waals surface area contributed by atoms with Crippen molar-refractivity contribution >= 4 is 21.6 Å². The molecule has 1 aliphatic carbocycles. The predicted molar refractivity (Wildman–Crippen MR) is 102 cm³/mol. The Bertz CT molecular complexity index is 762. The molecule has 0 aromatic carbocycles. The zero-order chi connectivity index (χ0) is 17.3. The van der Waals surface area contributed by atoms with E-state index in [1.54, 1.807) is 22.2 Å². The van der Waals surface area contributed by atoms with E-state index in [-0.39, 0.29) is 5.56 Å². The first kappa shape index (κ1) is 17.6. The normalized spacial score (nSPS) is 17.8. The summed E-state index contributed by atoms with van der Waals surface area (Å²) in [6.45, 7) is 8.60. The molecule has 0 saturated carbocycles. The van der Waals surface area contributed by atoms with Crippen molar-refractivity contribution in [1.82, 2.24) is 14.5 Å². The monoisotopic (exact) mass is 347 g/mol. The lowest BCUT2D eigenvalue weighted by Gasteiger charge is -2.32. The molecule has 0 bridgehead atoms. The summed E-state index contributed by atoms with van der Waals surface area (Å²) in [5.41, 5.74) is 1.45. The van der Waals surface area contributed by atoms with E-state index < -0.39 is 0 Å². The maximum Gasteiger partial charge on any atom is 0.262 e. The molecule has 4 nitrogen and oxygen atoms in total. The van der Waals surface area contributed by atoms with Gasteiger partial charge >= 0.3 is 0 Å². The Morgan fingerprint density at radius 1 is 1.46 bits per heavy atom. The molecule has 0 N–H and O–H groups in total. The minimum atomic E-state index is 0.167. The molecular formula is C19H29N3OS. The van der Waals surface area contributed by atoms with Gasteiger partial charge in [-0.05, 0) is 44.2 Å². The summed E-state index contributed by atoms with van der Waals surface area (Å²) in [7, 11) is 2.24. The van der Waals surface area contributed by atoms with Crippen molar-refractivity contribution in [2.45, 2.75) is 65.5 Å². The van der Waals surface area contributed by atoms with Crippen LogP contribution >= 0.6 is 11.3 Å². The van der Waals surface area contributed by atoms with Gasteiger partial charge in [-0.2, -0.15) is 0 Å². The number of fused-ring (bicyclic) bond motifs is 3. The summed E-state index contributed by atoms with van der Waals surface area (Å²) in [5.74, 6) is 0.686. The molecule has 0 amide bonds. The van der Waals surface area contributed by atoms with E-state index in [2.05, 4.69) is 37.7 Å². The molecule has 2 aromatic rings. The van der Waals surface area contributed by atoms with Crippen molar-refractivity contribution in [3.8, 4) is 0 Å². The molecule has 0 aliphatic heterocycles. The van der Waals surface area contributed by atoms with Crippen LogP contribution < -0.4 is 5.56 Å². The third-order valence-corrected chi connectivity index (χ3v) is 6.20. The number of hydrogen-bond acceptors (Lipinski definition) is 4. The molecular weight excluding hydrogens is 318 g/mol. The Kier molecular flexibility index (Phi) is 5.40. The summed E-state index contributed by atoms with van der Waals surface area (Å²) in [4.78, 5) is 22.2. The Balaban J connectivity index is 1.90. The molecule has 2 aromatic heterocycles. The first-order valence-electron chi connectivity index (χ1n) is 9.21. The van der Waals surface area contributed by atoms with Crippen LogP contribution in [0.5, 0.6) is 0 Å². The second-order valence-electron chi connectivity index (χ2n) is 7.51. The van der Waals surface area contributed by atoms with Crippen LogP contribution in [-0.4, -0.2) is 34.1 Å². The predicted octanol–water partition coefficient (Wildman–Crippen LogP) is 3.70. The third-order valence-electron chi connectivity index (χ3n) is 5.04. The van der Waals surface area contributed by atoms with Crippen molar-refractivity contribution in [3.05, 3.63) is 27.1 Å². The quantitative estimate of drug-likeness (QED) is 0.799. The number of hydrogen-bond donors (Lipinski definition) is 0. The van der Waals surface area contributed by atoms with Gasteiger partial charge in [0.15, 0.2) is 0 Å². The van der Waals surface area contributed by atoms with Gasteiger partial charge < -0.3 is 4.90 Å². The lowest BCUT2D eigenvalue weighted by molar-refractivity contribution is 0.201. The summed E-state index contributed by atoms with van der Waals surface area (Å²) in [5, 5.41) is 0.901. The van der Waals surface area contributed by atoms with Gasteiger partial charge in [-0.1, -0.05) is 27.2 Å². The number of aromatic nitrogens is 2. The van der Waals surface area contributed by atoms with Gasteiger partial charge in [0.25, 0.3) is 5.56 Å². The van der Waals surface area contributed by atoms with E-state index in [4.69, 9.17) is 0 Å². The van der Waals surface area contributed by atoms with Crippen LogP contribution in [0, 0.1) is 5.92 Å². The molecule has 1 aliphatic rings. The molecule has 1 atom stereocenters. The van der Waals surface area contributed by atoms with Crippen molar-refractivity contribution in [2.24, 2.45) is 5.92 Å². The lowest BCUT2D eigenvalue weighted by atomic mass is 9.92. The van der Waals surface area contributed by atoms with Gasteiger partial charge in [-0.3, -0.25) is 9.36 Å². The largest absolute Gasteiger partial charge is 0.303 e. The fraction of sp³-hybridized carbons (Fsp3) is 0.684. The first-order valence-corrected chi connectivity index (χ1v) is 10.0. The maximum atomic E-state index is 12.8. The topological polar surface area (TPSA) is 38.1 Å². The van der Waals surface area contributed by atoms with Crippen LogP contribution in [-0.2, 0) is 19.4 Å². The average molecular weight is 348 g/mol. The summed E-state index contributed by atoms with van der Waals surface area (Å²) < 4.78 is 1.80. The van der Waals surface area contributed by atoms with Crippen molar-refractivity contribution in [3.63, 3.8) is 0 Å². The van der Waals surface area contributed by atoms with E-state index in [1.165, 1.54) is 10.4 Å². The highest BCUT2D eigenvalue weighted by Crippen LogP contribution is 2.34. The van der Waals surface area contributed by atoms with E-state index in [0.717, 1.165) is 55.4 Å². The van der Waals surface area contributed by atoms with Crippen LogP contribution in [0.4, 0.5) is 0 Å². The smallest absolute Gasteiger partial charge is 0.262 e. The number of likely N-dealkylation sites (N-methyl/N-ethyl adjacent to an activating group) is 1. The molecule has 0 saturated heterocycles. The van der Waals surface area contributed by atoms with E-state index >= 15 is 0 Å². The number of aryl methyl sites for hydroxylation is 2. The van der Waals surface area contributed by atoms with Crippen LogP contribution in [0.3, 0.4) is 0 Å². The number of rotatable bonds is 6. The highest BCUT2D eigenvalue weighted by molar-refractivity contribution is 7.18. The second-order valence-corrected chi connectivity index (χ2v) is 8.59. The Morgan fingerprint density at radius 3 is 2.96 bits per heavy atom. The van der Waals surface area contributed by atoms with E-state index in [1.807, 2.05) is 0 Å². The molecule has 0 radical (unpaired) electrons. The first-order chi connectivity index (χ1) is 11.5. The summed E-state index contributed by atoms with van der Waals surface area (Å²) >= 11 is 1.74. The highest BCUT2D eigenvalue weighted by atomic mass is 32.1. The molecule has 24 heavy (non-hydrogen) atoms. The second kappa shape index (κ2) is 7.36. The third kappa shape index (κ3) is 3.42. The van der Waals surface area contributed by atoms with Crippen LogP contribution in [0.25, 0.3) is 10.2 Å². The SMILES string of the molecule is CCCCn1cnc2sc3c(c2c1=O)CCC(N(C)CC(C)C)C3. The zero-order valence-electron chi connectivity index (χ0n) is 15.3. The maximum absolute atomic E-state index is 12.8. The molecule has 0 spiro atoms. The van der Waals surface area contributed by atoms with Crippen LogP contribution in [0.1, 0.15) is 50.5 Å². The minimum absolute atomic E-state index is 0.167. The van der Waals surface area contributed by atoms with Gasteiger partial charge in [-0.25, -0.2) is 4.98 Å². The number of unbranched alkanes of at least 4 members (excludes halogenated alkanes) is 1. The van der Waals surface area contributed by atoms with Gasteiger partial charge in [0.2, 0.25) is 0 Å². The molecule has 1 unspecified atom stereocenters. The Morgan fingerprint density at radius 2 is 2.25 bits per heavy atom. The van der Waals surface area contributed by atoms with Crippen LogP contribution in [0.2, 0.25) is 0 Å². The molecule has 132 valence electrons. The van der Waals surface area contributed by atoms with Crippen LogP contribution in [0.15, 0.2) is 11.1 Å². The minimum Gasteiger partial charge on any atom is -0.303 e. The van der Waals surface area contributed by atoms with Gasteiger partial charge in [-0.15, -0.1) is 11.3 Å². The van der Waals surface area contributed by atoms with Crippen molar-refractivity contribution in [1.29, 1.82) is 0 Å². The fourth-order valence-corrected chi connectivity index (χ4v) is 5.02. The van der Waals surface area contributed by atoms with Gasteiger partial charge in [0, 0.05) is 24.0 Å². The molecule has 3 rings (SSSR count). The number of nitrogens with zero attached hydrogens (tertiary/aromatic N) is 3. The van der Waals surface area contributed by atoms with Crippen molar-refractivity contribution < 1.29 is 0 Å². The van der Waals surface area contributed by atoms with Crippen molar-refractivity contribution in [2.75, 3.05) is 13.6 Å². The molecule has 5 heteroatoms. The van der Waals surface area contributed by atoms with Gasteiger partial charge in [0.1, 0.15) is 4.83 Å². The van der Waals surface area contributed by atoms with E-state index in [0.29, 0.717) is 12.0 Å². The van der Waals surface area contributed by atoms with E-state index in [9.17, 15) is 4.79 Å². The standard InChI is InChI=1S/C19H29N3OS/c1-5-6-9-22-12-20-18-17(19(22)23)15-8-7-14(10-16(15)24-18)21(4)11-13(2)3/h12-14H,5-11H2,1-4H3. The average Bonchev–Trinajstić information content (AvgIpc) is 2.91.